The topological polar surface area (TPSA) is 56.0 Å². The Labute approximate surface area is 79.8 Å². The van der Waals surface area contributed by atoms with Crippen molar-refractivity contribution in [2.24, 2.45) is 5.92 Å². The molecule has 0 spiro atoms. The maximum absolute atomic E-state index is 9.29. The van der Waals surface area contributed by atoms with Gasteiger partial charge in [-0.25, -0.2) is 0 Å². The first kappa shape index (κ1) is 10.5. The molecule has 3 heteroatoms. The van der Waals surface area contributed by atoms with E-state index in [-0.39, 0.29) is 12.1 Å². The molecule has 0 aromatic rings. The van der Waals surface area contributed by atoms with Gasteiger partial charge < -0.3 is 10.4 Å². The average Bonchev–Trinajstić information content (AvgIpc) is 2.49. The molecule has 0 bridgehead atoms. The summed E-state index contributed by atoms with van der Waals surface area (Å²) in [7, 11) is 0. The van der Waals surface area contributed by atoms with Gasteiger partial charge in [-0.3, -0.25) is 0 Å². The number of nitrogens with one attached hydrogen (secondary N) is 1. The predicted octanol–water partition coefficient (Wildman–Crippen LogP) is 1.04. The third-order valence-corrected chi connectivity index (χ3v) is 2.67. The Morgan fingerprint density at radius 2 is 2.38 bits per heavy atom. The van der Waals surface area contributed by atoms with Gasteiger partial charge in [0.25, 0.3) is 0 Å². The van der Waals surface area contributed by atoms with Crippen LogP contribution in [0.3, 0.4) is 0 Å². The van der Waals surface area contributed by atoms with Crippen molar-refractivity contribution in [1.29, 1.82) is 5.26 Å². The van der Waals surface area contributed by atoms with E-state index in [2.05, 4.69) is 11.4 Å². The normalized spacial score (nSPS) is 29.9. The summed E-state index contributed by atoms with van der Waals surface area (Å²) in [6, 6.07) is 2.42. The number of rotatable bonds is 4. The zero-order valence-electron chi connectivity index (χ0n) is 8.16. The van der Waals surface area contributed by atoms with Crippen molar-refractivity contribution in [2.45, 2.75) is 44.8 Å². The Hall–Kier alpha value is -0.590. The van der Waals surface area contributed by atoms with E-state index in [0.717, 1.165) is 25.8 Å². The molecule has 0 radical (unpaired) electrons. The zero-order valence-corrected chi connectivity index (χ0v) is 8.16. The molecule has 74 valence electrons. The summed E-state index contributed by atoms with van der Waals surface area (Å²) in [5.74, 6) is 0.608. The lowest BCUT2D eigenvalue weighted by molar-refractivity contribution is 0.177. The van der Waals surface area contributed by atoms with Gasteiger partial charge in [0, 0.05) is 6.04 Å². The second kappa shape index (κ2) is 5.21. The largest absolute Gasteiger partial charge is 0.393 e. The maximum Gasteiger partial charge on any atom is 0.0638 e. The molecule has 0 aliphatic heterocycles. The lowest BCUT2D eigenvalue weighted by atomic mass is 10.1. The summed E-state index contributed by atoms with van der Waals surface area (Å²) in [4.78, 5) is 0. The van der Waals surface area contributed by atoms with Crippen molar-refractivity contribution in [3.63, 3.8) is 0 Å². The van der Waals surface area contributed by atoms with Gasteiger partial charge in [0.05, 0.1) is 18.6 Å². The molecule has 1 fully saturated rings. The lowest BCUT2D eigenvalue weighted by Crippen LogP contribution is -2.30. The Bertz CT molecular complexity index is 188. The highest BCUT2D eigenvalue weighted by molar-refractivity contribution is 4.81. The summed E-state index contributed by atoms with van der Waals surface area (Å²) in [5, 5.41) is 21.0. The summed E-state index contributed by atoms with van der Waals surface area (Å²) in [5.41, 5.74) is 0. The molecule has 0 aromatic heterocycles. The molecule has 13 heavy (non-hydrogen) atoms. The van der Waals surface area contributed by atoms with Crippen LogP contribution in [0.15, 0.2) is 0 Å². The maximum atomic E-state index is 9.29. The van der Waals surface area contributed by atoms with Crippen LogP contribution in [0.4, 0.5) is 0 Å². The van der Waals surface area contributed by atoms with E-state index >= 15 is 0 Å². The number of aliphatic hydroxyl groups is 1. The fourth-order valence-corrected chi connectivity index (χ4v) is 1.81. The molecule has 1 aliphatic rings. The highest BCUT2D eigenvalue weighted by Gasteiger charge is 2.22. The van der Waals surface area contributed by atoms with E-state index in [1.807, 2.05) is 6.92 Å². The first-order valence-corrected chi connectivity index (χ1v) is 5.00. The Morgan fingerprint density at radius 3 is 2.92 bits per heavy atom. The molecular weight excluding hydrogens is 164 g/mol. The minimum Gasteiger partial charge on any atom is -0.393 e. The smallest absolute Gasteiger partial charge is 0.0638 e. The van der Waals surface area contributed by atoms with Crippen LogP contribution in [-0.2, 0) is 0 Å². The highest BCUT2D eigenvalue weighted by atomic mass is 16.3. The molecule has 3 atom stereocenters. The summed E-state index contributed by atoms with van der Waals surface area (Å²) >= 11 is 0. The third-order valence-electron chi connectivity index (χ3n) is 2.67. The molecule has 1 aliphatic carbocycles. The molecule has 0 amide bonds. The Morgan fingerprint density at radius 1 is 1.62 bits per heavy atom. The fourth-order valence-electron chi connectivity index (χ4n) is 1.81. The molecule has 0 aromatic carbocycles. The predicted molar refractivity (Wildman–Crippen MR) is 51.0 cm³/mol. The summed E-state index contributed by atoms with van der Waals surface area (Å²) < 4.78 is 0. The minimum absolute atomic E-state index is 0.0851. The molecule has 2 N–H and O–H groups in total. The SMILES string of the molecule is CC(CC#N)NCC1CCC(O)C1. The van der Waals surface area contributed by atoms with Gasteiger partial charge in [-0.1, -0.05) is 0 Å². The number of hydrogen-bond acceptors (Lipinski definition) is 3. The van der Waals surface area contributed by atoms with Gasteiger partial charge in [-0.2, -0.15) is 5.26 Å². The van der Waals surface area contributed by atoms with E-state index in [1.54, 1.807) is 0 Å². The van der Waals surface area contributed by atoms with Crippen LogP contribution >= 0.6 is 0 Å². The van der Waals surface area contributed by atoms with Gasteiger partial charge in [0.1, 0.15) is 0 Å². The first-order valence-electron chi connectivity index (χ1n) is 5.00. The van der Waals surface area contributed by atoms with Crippen molar-refractivity contribution >= 4 is 0 Å². The minimum atomic E-state index is -0.0851. The monoisotopic (exact) mass is 182 g/mol. The van der Waals surface area contributed by atoms with Crippen molar-refractivity contribution in [1.82, 2.24) is 5.32 Å². The van der Waals surface area contributed by atoms with Gasteiger partial charge in [-0.15, -0.1) is 0 Å². The van der Waals surface area contributed by atoms with Gasteiger partial charge in [-0.05, 0) is 38.6 Å². The Balaban J connectivity index is 2.09. The number of nitrogens with zero attached hydrogens (tertiary/aromatic N) is 1. The molecule has 1 saturated carbocycles. The van der Waals surface area contributed by atoms with E-state index in [4.69, 9.17) is 5.26 Å². The van der Waals surface area contributed by atoms with E-state index in [1.165, 1.54) is 0 Å². The number of aliphatic hydroxyl groups excluding tert-OH is 1. The van der Waals surface area contributed by atoms with Crippen LogP contribution < -0.4 is 5.32 Å². The van der Waals surface area contributed by atoms with E-state index < -0.39 is 0 Å². The van der Waals surface area contributed by atoms with E-state index in [9.17, 15) is 5.11 Å². The fraction of sp³-hybridized carbons (Fsp3) is 0.900. The van der Waals surface area contributed by atoms with Crippen molar-refractivity contribution in [3.05, 3.63) is 0 Å². The molecule has 3 nitrogen and oxygen atoms in total. The van der Waals surface area contributed by atoms with Gasteiger partial charge >= 0.3 is 0 Å². The van der Waals surface area contributed by atoms with Crippen LogP contribution in [0.2, 0.25) is 0 Å². The van der Waals surface area contributed by atoms with Crippen LogP contribution in [0.5, 0.6) is 0 Å². The molecular formula is C10H18N2O. The second-order valence-corrected chi connectivity index (χ2v) is 4.00. The van der Waals surface area contributed by atoms with Crippen molar-refractivity contribution in [2.75, 3.05) is 6.54 Å². The second-order valence-electron chi connectivity index (χ2n) is 4.00. The molecule has 0 saturated heterocycles. The lowest BCUT2D eigenvalue weighted by Gasteiger charge is -2.14. The summed E-state index contributed by atoms with van der Waals surface area (Å²) in [6.45, 7) is 2.97. The van der Waals surface area contributed by atoms with Crippen molar-refractivity contribution in [3.8, 4) is 6.07 Å². The Kier molecular flexibility index (Phi) is 4.20. The highest BCUT2D eigenvalue weighted by Crippen LogP contribution is 2.24. The van der Waals surface area contributed by atoms with Crippen LogP contribution in [0.1, 0.15) is 32.6 Å². The molecule has 3 unspecified atom stereocenters. The summed E-state index contributed by atoms with van der Waals surface area (Å²) in [6.07, 6.45) is 3.46. The zero-order chi connectivity index (χ0) is 9.68. The van der Waals surface area contributed by atoms with Crippen LogP contribution in [-0.4, -0.2) is 23.8 Å². The van der Waals surface area contributed by atoms with Gasteiger partial charge in [0.15, 0.2) is 0 Å². The van der Waals surface area contributed by atoms with Gasteiger partial charge in [0.2, 0.25) is 0 Å². The third kappa shape index (κ3) is 3.75. The standard InChI is InChI=1S/C10H18N2O/c1-8(4-5-11)12-7-9-2-3-10(13)6-9/h8-10,12-13H,2-4,6-7H2,1H3. The van der Waals surface area contributed by atoms with Crippen molar-refractivity contribution < 1.29 is 5.11 Å². The molecule has 0 heterocycles. The van der Waals surface area contributed by atoms with Crippen LogP contribution in [0, 0.1) is 17.2 Å². The van der Waals surface area contributed by atoms with Crippen LogP contribution in [0.25, 0.3) is 0 Å². The first-order chi connectivity index (χ1) is 6.22. The molecule has 1 rings (SSSR count). The number of hydrogen-bond donors (Lipinski definition) is 2. The quantitative estimate of drug-likeness (QED) is 0.683. The van der Waals surface area contributed by atoms with E-state index in [0.29, 0.717) is 12.3 Å². The number of nitriles is 1. The average molecular weight is 182 g/mol.